The monoisotopic (exact) mass is 463 g/mol. The van der Waals surface area contributed by atoms with Crippen molar-refractivity contribution in [3.8, 4) is 0 Å². The molecule has 0 spiro atoms. The van der Waals surface area contributed by atoms with E-state index in [2.05, 4.69) is 9.97 Å². The fraction of sp³-hybridized carbons (Fsp3) is 0.588. The number of phosphoric acid groups is 1. The lowest BCUT2D eigenvalue weighted by atomic mass is 9.93. The number of aliphatic hydroxyl groups is 2. The van der Waals surface area contributed by atoms with E-state index in [1.54, 1.807) is 6.92 Å². The van der Waals surface area contributed by atoms with Gasteiger partial charge in [-0.15, -0.1) is 0 Å². The van der Waals surface area contributed by atoms with Gasteiger partial charge in [-0.2, -0.15) is 4.98 Å². The molecule has 5 atom stereocenters. The molecule has 14 heteroatoms. The number of aromatic amines is 1. The molecule has 1 aliphatic heterocycles. The number of halogens is 1. The average molecular weight is 463 g/mol. The number of hydrogen-bond donors (Lipinski definition) is 5. The predicted molar refractivity (Wildman–Crippen MR) is 104 cm³/mol. The maximum Gasteiger partial charge on any atom is 0.470 e. The lowest BCUT2D eigenvalue weighted by molar-refractivity contribution is -0.0707. The lowest BCUT2D eigenvalue weighted by Crippen LogP contribution is -2.38. The lowest BCUT2D eigenvalue weighted by Gasteiger charge is -2.31. The van der Waals surface area contributed by atoms with Crippen LogP contribution in [0.2, 0.25) is 0 Å². The molecular formula is C17H23FN3O9P. The van der Waals surface area contributed by atoms with E-state index >= 15 is 0 Å². The normalized spacial score (nSPS) is 26.3. The number of nitrogens with one attached hydrogen (secondary N) is 1. The topological polar surface area (TPSA) is 184 Å². The molecule has 5 N–H and O–H groups in total. The fourth-order valence-corrected chi connectivity index (χ4v) is 4.34. The first-order valence-electron chi connectivity index (χ1n) is 9.35. The number of phosphoric ester groups is 1. The van der Waals surface area contributed by atoms with E-state index in [4.69, 9.17) is 19.0 Å². The molecule has 0 bridgehead atoms. The Morgan fingerprint density at radius 2 is 2.00 bits per heavy atom. The Kier molecular flexibility index (Phi) is 6.24. The van der Waals surface area contributed by atoms with Gasteiger partial charge in [0.05, 0.1) is 11.7 Å². The van der Waals surface area contributed by atoms with Crippen LogP contribution in [0.3, 0.4) is 0 Å². The van der Waals surface area contributed by atoms with Gasteiger partial charge in [-0.25, -0.2) is 13.8 Å². The molecule has 0 aromatic carbocycles. The van der Waals surface area contributed by atoms with Crippen LogP contribution in [0.5, 0.6) is 0 Å². The van der Waals surface area contributed by atoms with E-state index in [1.807, 2.05) is 0 Å². The minimum Gasteiger partial charge on any atom is -0.388 e. The van der Waals surface area contributed by atoms with Crippen LogP contribution < -0.4 is 11.2 Å². The first-order valence-corrected chi connectivity index (χ1v) is 10.9. The summed E-state index contributed by atoms with van der Waals surface area (Å²) in [4.78, 5) is 48.1. The minimum atomic E-state index is -4.85. The van der Waals surface area contributed by atoms with Gasteiger partial charge >= 0.3 is 13.5 Å². The summed E-state index contributed by atoms with van der Waals surface area (Å²) in [6, 6.07) is 0. The minimum absolute atomic E-state index is 0.0711. The highest BCUT2D eigenvalue weighted by molar-refractivity contribution is 7.46. The van der Waals surface area contributed by atoms with Gasteiger partial charge < -0.3 is 29.7 Å². The van der Waals surface area contributed by atoms with Crippen LogP contribution in [0.15, 0.2) is 15.8 Å². The molecule has 172 valence electrons. The number of aryl methyl sites for hydroxylation is 1. The van der Waals surface area contributed by atoms with Crippen LogP contribution in [0, 0.1) is 12.7 Å². The molecule has 31 heavy (non-hydrogen) atoms. The molecule has 1 fully saturated rings. The van der Waals surface area contributed by atoms with Gasteiger partial charge in [-0.3, -0.25) is 13.9 Å². The Hall–Kier alpha value is -1.99. The largest absolute Gasteiger partial charge is 0.470 e. The van der Waals surface area contributed by atoms with Crippen molar-refractivity contribution in [3.63, 3.8) is 0 Å². The van der Waals surface area contributed by atoms with Crippen molar-refractivity contribution in [1.29, 1.82) is 0 Å². The van der Waals surface area contributed by atoms with Crippen molar-refractivity contribution in [2.24, 2.45) is 0 Å². The van der Waals surface area contributed by atoms with Gasteiger partial charge in [0.25, 0.3) is 5.56 Å². The molecule has 2 aromatic rings. The summed E-state index contributed by atoms with van der Waals surface area (Å²) < 4.78 is 36.6. The second-order valence-corrected chi connectivity index (χ2v) is 8.89. The first-order chi connectivity index (χ1) is 14.3. The second-order valence-electron chi connectivity index (χ2n) is 7.72. The van der Waals surface area contributed by atoms with E-state index in [0.29, 0.717) is 0 Å². The second kappa shape index (κ2) is 8.17. The number of H-pyrrole nitrogens is 1. The molecule has 2 unspecified atom stereocenters. The van der Waals surface area contributed by atoms with E-state index in [9.17, 15) is 28.8 Å². The molecule has 0 radical (unpaired) electrons. The number of aliphatic hydroxyl groups excluding tert-OH is 2. The molecule has 12 nitrogen and oxygen atoms in total. The van der Waals surface area contributed by atoms with Crippen LogP contribution >= 0.6 is 7.82 Å². The summed E-state index contributed by atoms with van der Waals surface area (Å²) in [6.45, 7) is 4.34. The number of fused-ring (bicyclic) bond motifs is 1. The van der Waals surface area contributed by atoms with Crippen molar-refractivity contribution < 1.29 is 38.2 Å². The van der Waals surface area contributed by atoms with Gasteiger partial charge in [0.2, 0.25) is 0 Å². The van der Waals surface area contributed by atoms with Crippen molar-refractivity contribution in [2.45, 2.75) is 63.8 Å². The van der Waals surface area contributed by atoms with E-state index in [1.165, 1.54) is 13.8 Å². The highest BCUT2D eigenvalue weighted by Gasteiger charge is 2.47. The van der Waals surface area contributed by atoms with Gasteiger partial charge in [0, 0.05) is 23.6 Å². The van der Waals surface area contributed by atoms with Crippen LogP contribution in [0.25, 0.3) is 11.0 Å². The zero-order chi connectivity index (χ0) is 23.3. The summed E-state index contributed by atoms with van der Waals surface area (Å²) in [7, 11) is -4.85. The Morgan fingerprint density at radius 1 is 1.35 bits per heavy atom. The third-order valence-corrected chi connectivity index (χ3v) is 6.13. The molecule has 3 heterocycles. The van der Waals surface area contributed by atoms with Crippen molar-refractivity contribution in [2.75, 3.05) is 0 Å². The molecular weight excluding hydrogens is 440 g/mol. The number of nitrogens with zero attached hydrogens (tertiary/aromatic N) is 2. The number of hydrogen-bond acceptors (Lipinski definition) is 8. The molecule has 1 saturated heterocycles. The van der Waals surface area contributed by atoms with Gasteiger partial charge in [0.15, 0.2) is 12.0 Å². The Morgan fingerprint density at radius 3 is 2.58 bits per heavy atom. The standard InChI is InChI=1S/C17H23FN3O9P/c1-4-17(3,30-31(26,27)28)5-9-11(22)12(23)15(29-9)21-6-8-7(2)10(18)14(24)19-13(8)20-16(21)25/h6,9,11-12,15,22-23H,4-5H2,1-3H3,(H2,26,27,28)(H,19,20,24,25)/t9-,11?,12+,15-,17?/m1/s1. The summed E-state index contributed by atoms with van der Waals surface area (Å²) in [5.74, 6) is -1.06. The highest BCUT2D eigenvalue weighted by Crippen LogP contribution is 2.45. The summed E-state index contributed by atoms with van der Waals surface area (Å²) in [5, 5.41) is 21.0. The SMILES string of the molecule is CCC(C)(C[C@H]1O[C@@H](n2cc3c(C)c(F)c(=O)[nH]c3nc2=O)[C@@H](O)C1O)OP(=O)(O)O. The van der Waals surface area contributed by atoms with Crippen LogP contribution in [0.4, 0.5) is 4.39 Å². The third-order valence-electron chi connectivity index (χ3n) is 5.45. The van der Waals surface area contributed by atoms with Crippen molar-refractivity contribution in [3.05, 3.63) is 38.4 Å². The maximum absolute atomic E-state index is 14.0. The van der Waals surface area contributed by atoms with E-state index in [0.717, 1.165) is 10.8 Å². The molecule has 0 amide bonds. The zero-order valence-corrected chi connectivity index (χ0v) is 17.7. The molecule has 2 aromatic heterocycles. The number of ether oxygens (including phenoxy) is 1. The molecule has 3 rings (SSSR count). The quantitative estimate of drug-likeness (QED) is 0.360. The number of aromatic nitrogens is 3. The van der Waals surface area contributed by atoms with Gasteiger partial charge in [-0.05, 0) is 20.3 Å². The Balaban J connectivity index is 1.97. The average Bonchev–Trinajstić information content (AvgIpc) is 2.92. The molecule has 0 aliphatic carbocycles. The summed E-state index contributed by atoms with van der Waals surface area (Å²) >= 11 is 0. The predicted octanol–water partition coefficient (Wildman–Crippen LogP) is -0.180. The third kappa shape index (κ3) is 4.62. The Labute approximate surface area is 174 Å². The van der Waals surface area contributed by atoms with Gasteiger partial charge in [0.1, 0.15) is 17.9 Å². The smallest absolute Gasteiger partial charge is 0.388 e. The van der Waals surface area contributed by atoms with Crippen LogP contribution in [-0.2, 0) is 13.8 Å². The van der Waals surface area contributed by atoms with Crippen molar-refractivity contribution in [1.82, 2.24) is 14.5 Å². The maximum atomic E-state index is 14.0. The van der Waals surface area contributed by atoms with Gasteiger partial charge in [-0.1, -0.05) is 6.92 Å². The fourth-order valence-electron chi connectivity index (χ4n) is 3.56. The van der Waals surface area contributed by atoms with Crippen LogP contribution in [0.1, 0.15) is 38.5 Å². The van der Waals surface area contributed by atoms with E-state index < -0.39 is 55.0 Å². The first kappa shape index (κ1) is 23.7. The zero-order valence-electron chi connectivity index (χ0n) is 16.9. The van der Waals surface area contributed by atoms with Crippen LogP contribution in [-0.4, -0.2) is 58.4 Å². The number of rotatable bonds is 6. The van der Waals surface area contributed by atoms with E-state index in [-0.39, 0.29) is 29.4 Å². The summed E-state index contributed by atoms with van der Waals surface area (Å²) in [6.07, 6.45) is -4.61. The highest BCUT2D eigenvalue weighted by atomic mass is 31.2. The number of pyridine rings is 1. The van der Waals surface area contributed by atoms with Crippen molar-refractivity contribution >= 4 is 18.9 Å². The Bertz CT molecular complexity index is 1160. The molecule has 1 aliphatic rings. The molecule has 0 saturated carbocycles. The summed E-state index contributed by atoms with van der Waals surface area (Å²) in [5.41, 5.74) is -3.59.